The molecule has 1 aliphatic carbocycles. The molecule has 6 heteroatoms. The van der Waals surface area contributed by atoms with E-state index < -0.39 is 18.0 Å². The van der Waals surface area contributed by atoms with Gasteiger partial charge in [-0.1, -0.05) is 17.6 Å². The third kappa shape index (κ3) is 3.81. The van der Waals surface area contributed by atoms with Crippen LogP contribution in [0.3, 0.4) is 0 Å². The van der Waals surface area contributed by atoms with E-state index in [1.54, 1.807) is 0 Å². The van der Waals surface area contributed by atoms with Gasteiger partial charge in [0.05, 0.1) is 0 Å². The molecule has 0 spiro atoms. The highest BCUT2D eigenvalue weighted by atomic mass is 16.8. The number of rotatable bonds is 2. The van der Waals surface area contributed by atoms with Crippen molar-refractivity contribution in [2.24, 2.45) is 0 Å². The number of carbonyl (C=O) groups excluding carboxylic acids is 3. The first-order valence-electron chi connectivity index (χ1n) is 6.58. The largest absolute Gasteiger partial charge is 0.534 e. The summed E-state index contributed by atoms with van der Waals surface area (Å²) in [4.78, 5) is 38.7. The molecule has 19 heavy (non-hydrogen) atoms. The maximum Gasteiger partial charge on any atom is 0.534 e. The van der Waals surface area contributed by atoms with Gasteiger partial charge in [0, 0.05) is 12.8 Å². The first-order valence-corrected chi connectivity index (χ1v) is 6.58. The van der Waals surface area contributed by atoms with E-state index in [2.05, 4.69) is 4.84 Å². The zero-order valence-electron chi connectivity index (χ0n) is 10.7. The van der Waals surface area contributed by atoms with Gasteiger partial charge in [-0.3, -0.25) is 14.4 Å². The van der Waals surface area contributed by atoms with Gasteiger partial charge >= 0.3 is 6.16 Å². The van der Waals surface area contributed by atoms with Gasteiger partial charge in [-0.2, -0.15) is 0 Å². The van der Waals surface area contributed by atoms with E-state index in [9.17, 15) is 14.4 Å². The van der Waals surface area contributed by atoms with Crippen molar-refractivity contribution in [3.05, 3.63) is 12.2 Å². The lowest BCUT2D eigenvalue weighted by atomic mass is 10.0. The number of carbonyl (C=O) groups is 3. The number of ether oxygens (including phenoxy) is 1. The second-order valence-corrected chi connectivity index (χ2v) is 4.65. The van der Waals surface area contributed by atoms with Gasteiger partial charge in [-0.15, -0.1) is 0 Å². The minimum Gasteiger partial charge on any atom is -0.425 e. The summed E-state index contributed by atoms with van der Waals surface area (Å²) in [6.45, 7) is 0. The molecule has 1 heterocycles. The average molecular weight is 267 g/mol. The molecule has 0 N–H and O–H groups in total. The Hall–Kier alpha value is -1.85. The molecule has 2 aliphatic rings. The summed E-state index contributed by atoms with van der Waals surface area (Å²) in [5.74, 6) is -1.01. The lowest BCUT2D eigenvalue weighted by Crippen LogP contribution is -2.33. The van der Waals surface area contributed by atoms with Crippen molar-refractivity contribution in [3.63, 3.8) is 0 Å². The quantitative estimate of drug-likeness (QED) is 0.435. The maximum atomic E-state index is 11.5. The van der Waals surface area contributed by atoms with E-state index in [4.69, 9.17) is 4.74 Å². The smallest absolute Gasteiger partial charge is 0.425 e. The van der Waals surface area contributed by atoms with E-state index in [0.29, 0.717) is 5.06 Å². The molecule has 6 nitrogen and oxygen atoms in total. The monoisotopic (exact) mass is 267 g/mol. The SMILES string of the molecule is O=C(O[C@H]1/C=C/CCCCC1)ON1C(=O)CCC1=O. The van der Waals surface area contributed by atoms with E-state index in [1.807, 2.05) is 12.2 Å². The van der Waals surface area contributed by atoms with E-state index in [-0.39, 0.29) is 18.9 Å². The predicted octanol–water partition coefficient (Wildman–Crippen LogP) is 2.09. The summed E-state index contributed by atoms with van der Waals surface area (Å²) in [6, 6.07) is 0. The summed E-state index contributed by atoms with van der Waals surface area (Å²) in [6.07, 6.45) is 7.53. The van der Waals surface area contributed by atoms with E-state index in [1.165, 1.54) is 0 Å². The molecule has 0 aromatic rings. The summed E-state index contributed by atoms with van der Waals surface area (Å²) >= 11 is 0. The van der Waals surface area contributed by atoms with Gasteiger partial charge in [0.25, 0.3) is 11.8 Å². The fourth-order valence-electron chi connectivity index (χ4n) is 2.10. The van der Waals surface area contributed by atoms with Gasteiger partial charge in [0.15, 0.2) is 0 Å². The van der Waals surface area contributed by atoms with Crippen LogP contribution in [0.1, 0.15) is 44.9 Å². The fraction of sp³-hybridized carbons (Fsp3) is 0.615. The minimum atomic E-state index is -1.00. The van der Waals surface area contributed by atoms with Crippen LogP contribution in [0.4, 0.5) is 4.79 Å². The molecule has 1 saturated heterocycles. The highest BCUT2D eigenvalue weighted by Crippen LogP contribution is 2.16. The molecule has 0 saturated carbocycles. The van der Waals surface area contributed by atoms with Crippen LogP contribution in [0.5, 0.6) is 0 Å². The Balaban J connectivity index is 1.84. The molecule has 1 atom stereocenters. The van der Waals surface area contributed by atoms with E-state index >= 15 is 0 Å². The summed E-state index contributed by atoms with van der Waals surface area (Å²) in [7, 11) is 0. The van der Waals surface area contributed by atoms with Crippen molar-refractivity contribution in [1.29, 1.82) is 0 Å². The van der Waals surface area contributed by atoms with Gasteiger partial charge in [0.1, 0.15) is 6.10 Å². The summed E-state index contributed by atoms with van der Waals surface area (Å²) < 4.78 is 5.09. The molecule has 2 rings (SSSR count). The Morgan fingerprint density at radius 2 is 1.89 bits per heavy atom. The highest BCUT2D eigenvalue weighted by molar-refractivity contribution is 6.01. The molecular formula is C13H17NO5. The van der Waals surface area contributed by atoms with Crippen molar-refractivity contribution < 1.29 is 24.0 Å². The molecule has 0 aromatic carbocycles. The maximum absolute atomic E-state index is 11.5. The number of hydrogen-bond acceptors (Lipinski definition) is 5. The van der Waals surface area contributed by atoms with Crippen LogP contribution in [0, 0.1) is 0 Å². The number of allylic oxidation sites excluding steroid dienone is 1. The van der Waals surface area contributed by atoms with Gasteiger partial charge < -0.3 is 4.74 Å². The van der Waals surface area contributed by atoms with Crippen molar-refractivity contribution in [2.75, 3.05) is 0 Å². The Morgan fingerprint density at radius 1 is 1.16 bits per heavy atom. The zero-order chi connectivity index (χ0) is 13.7. The number of nitrogens with zero attached hydrogens (tertiary/aromatic N) is 1. The van der Waals surface area contributed by atoms with Crippen LogP contribution < -0.4 is 0 Å². The topological polar surface area (TPSA) is 72.9 Å². The number of amides is 2. The number of hydroxylamine groups is 2. The second kappa shape index (κ2) is 6.36. The molecule has 1 aliphatic heterocycles. The van der Waals surface area contributed by atoms with Crippen LogP contribution in [-0.4, -0.2) is 29.1 Å². The molecule has 0 unspecified atom stereocenters. The second-order valence-electron chi connectivity index (χ2n) is 4.65. The lowest BCUT2D eigenvalue weighted by molar-refractivity contribution is -0.178. The summed E-state index contributed by atoms with van der Waals surface area (Å²) in [5, 5.41) is 0.495. The molecule has 2 amide bonds. The van der Waals surface area contributed by atoms with Gasteiger partial charge in [0.2, 0.25) is 0 Å². The third-order valence-corrected chi connectivity index (χ3v) is 3.13. The summed E-state index contributed by atoms with van der Waals surface area (Å²) in [5.41, 5.74) is 0. The van der Waals surface area contributed by atoms with Crippen LogP contribution in [0.25, 0.3) is 0 Å². The molecule has 0 bridgehead atoms. The average Bonchev–Trinajstić information content (AvgIpc) is 2.64. The van der Waals surface area contributed by atoms with Gasteiger partial charge in [-0.05, 0) is 31.8 Å². The Labute approximate surface area is 111 Å². The Kier molecular flexibility index (Phi) is 4.54. The standard InChI is InChI=1S/C13H17NO5/c15-11-8-9-12(16)14(11)19-13(17)18-10-6-4-2-1-3-5-7-10/h4,6,10H,1-3,5,7-9H2/b6-4+/t10-/m0/s1. The number of imide groups is 1. The first-order chi connectivity index (χ1) is 9.16. The van der Waals surface area contributed by atoms with Crippen LogP contribution in [0.15, 0.2) is 12.2 Å². The Morgan fingerprint density at radius 3 is 2.63 bits per heavy atom. The first kappa shape index (κ1) is 13.6. The zero-order valence-corrected chi connectivity index (χ0v) is 10.7. The normalized spacial score (nSPS) is 25.7. The van der Waals surface area contributed by atoms with Crippen molar-refractivity contribution in [2.45, 2.75) is 51.0 Å². The van der Waals surface area contributed by atoms with Crippen LogP contribution in [0.2, 0.25) is 0 Å². The highest BCUT2D eigenvalue weighted by Gasteiger charge is 2.33. The van der Waals surface area contributed by atoms with Crippen LogP contribution >= 0.6 is 0 Å². The van der Waals surface area contributed by atoms with Gasteiger partial charge in [-0.25, -0.2) is 4.79 Å². The minimum absolute atomic E-state index is 0.0788. The molecule has 0 aromatic heterocycles. The Bertz CT molecular complexity index is 388. The third-order valence-electron chi connectivity index (χ3n) is 3.13. The predicted molar refractivity (Wildman–Crippen MR) is 64.7 cm³/mol. The van der Waals surface area contributed by atoms with E-state index in [0.717, 1.165) is 32.1 Å². The van der Waals surface area contributed by atoms with Crippen LogP contribution in [-0.2, 0) is 19.2 Å². The molecule has 104 valence electrons. The molecule has 0 radical (unpaired) electrons. The number of hydrogen-bond donors (Lipinski definition) is 0. The van der Waals surface area contributed by atoms with Crippen molar-refractivity contribution >= 4 is 18.0 Å². The molecular weight excluding hydrogens is 250 g/mol. The molecule has 1 fully saturated rings. The fourth-order valence-corrected chi connectivity index (χ4v) is 2.10. The lowest BCUT2D eigenvalue weighted by Gasteiger charge is -2.17. The van der Waals surface area contributed by atoms with Crippen molar-refractivity contribution in [3.8, 4) is 0 Å². The van der Waals surface area contributed by atoms with Crippen molar-refractivity contribution in [1.82, 2.24) is 5.06 Å².